The van der Waals surface area contributed by atoms with Crippen LogP contribution in [0.25, 0.3) is 11.3 Å². The Morgan fingerprint density at radius 3 is 2.33 bits per heavy atom. The number of hydrogen-bond acceptors (Lipinski definition) is 5. The van der Waals surface area contributed by atoms with Gasteiger partial charge in [0.25, 0.3) is 0 Å². The van der Waals surface area contributed by atoms with E-state index in [1.807, 2.05) is 36.4 Å². The van der Waals surface area contributed by atoms with E-state index in [-0.39, 0.29) is 19.7 Å². The molecule has 27 heavy (non-hydrogen) atoms. The molecule has 1 aromatic heterocycles. The molecule has 0 spiro atoms. The first-order chi connectivity index (χ1) is 12.8. The molecule has 0 saturated carbocycles. The van der Waals surface area contributed by atoms with E-state index in [0.717, 1.165) is 15.6 Å². The van der Waals surface area contributed by atoms with E-state index in [1.54, 1.807) is 33.1 Å². The maximum absolute atomic E-state index is 11.9. The molecule has 0 fully saturated rings. The molecule has 1 unspecified atom stereocenters. The topological polar surface area (TPSA) is 78.2 Å². The molecule has 8 heteroatoms. The van der Waals surface area contributed by atoms with Crippen LogP contribution in [0.2, 0.25) is 5.02 Å². The van der Waals surface area contributed by atoms with Crippen LogP contribution in [0.1, 0.15) is 29.8 Å². The summed E-state index contributed by atoms with van der Waals surface area (Å²) in [5, 5.41) is 16.8. The molecule has 6 nitrogen and oxygen atoms in total. The molecule has 0 aliphatic heterocycles. The van der Waals surface area contributed by atoms with Gasteiger partial charge in [0.15, 0.2) is 0 Å². The second-order valence-electron chi connectivity index (χ2n) is 6.61. The fraction of sp³-hybridized carbons (Fsp3) is 0.263. The summed E-state index contributed by atoms with van der Waals surface area (Å²) >= 11 is 5.68. The van der Waals surface area contributed by atoms with Crippen molar-refractivity contribution in [2.75, 3.05) is 7.11 Å². The van der Waals surface area contributed by atoms with Crippen LogP contribution in [0.3, 0.4) is 0 Å². The zero-order chi connectivity index (χ0) is 19.6. The van der Waals surface area contributed by atoms with Gasteiger partial charge in [-0.1, -0.05) is 0 Å². The summed E-state index contributed by atoms with van der Waals surface area (Å²) in [6.07, 6.45) is 0. The predicted octanol–water partition coefficient (Wildman–Crippen LogP) is 4.05. The second kappa shape index (κ2) is 7.80. The average molecular weight is 451 g/mol. The molecule has 0 saturated heterocycles. The van der Waals surface area contributed by atoms with Crippen LogP contribution in [0.4, 0.5) is 0 Å². The molecule has 3 rings (SSSR count). The molecular formula is C19H18ClN3O3Se. The van der Waals surface area contributed by atoms with E-state index in [4.69, 9.17) is 16.3 Å². The van der Waals surface area contributed by atoms with E-state index in [1.165, 1.54) is 0 Å². The molecule has 0 N–H and O–H groups in total. The number of methoxy groups -OCH3 is 1. The fourth-order valence-corrected chi connectivity index (χ4v) is 5.17. The first-order valence-corrected chi connectivity index (χ1v) is 10.2. The van der Waals surface area contributed by atoms with Crippen molar-refractivity contribution in [1.82, 2.24) is 9.19 Å². The Hall–Kier alpha value is -2.21. The molecule has 0 aliphatic rings. The summed E-state index contributed by atoms with van der Waals surface area (Å²) in [5.41, 5.74) is 1.17. The van der Waals surface area contributed by atoms with Crippen LogP contribution in [-0.2, 0) is 0 Å². The molecule has 1 atom stereocenters. The van der Waals surface area contributed by atoms with E-state index in [2.05, 4.69) is 9.19 Å². The molecule has 0 amide bonds. The maximum atomic E-state index is 11.9. The molecular weight excluding hydrogens is 433 g/mol. The third-order valence-electron chi connectivity index (χ3n) is 4.52. The molecule has 0 bridgehead atoms. The van der Waals surface area contributed by atoms with Crippen LogP contribution < -0.4 is 4.74 Å². The third kappa shape index (κ3) is 3.90. The predicted molar refractivity (Wildman–Crippen MR) is 105 cm³/mol. The average Bonchev–Trinajstić information content (AvgIpc) is 3.12. The van der Waals surface area contributed by atoms with Crippen LogP contribution in [0.5, 0.6) is 5.75 Å². The number of benzene rings is 2. The van der Waals surface area contributed by atoms with Gasteiger partial charge in [0.2, 0.25) is 0 Å². The van der Waals surface area contributed by atoms with E-state index in [0.29, 0.717) is 16.5 Å². The Morgan fingerprint density at radius 1 is 1.15 bits per heavy atom. The van der Waals surface area contributed by atoms with Gasteiger partial charge in [-0.05, 0) is 0 Å². The van der Waals surface area contributed by atoms with Crippen LogP contribution >= 0.6 is 11.6 Å². The minimum atomic E-state index is -1.22. The van der Waals surface area contributed by atoms with Crippen molar-refractivity contribution in [3.63, 3.8) is 0 Å². The molecule has 0 aliphatic carbocycles. The Bertz CT molecular complexity index is 940. The van der Waals surface area contributed by atoms with Gasteiger partial charge in [-0.15, -0.1) is 0 Å². The van der Waals surface area contributed by atoms with Gasteiger partial charge in [0, 0.05) is 0 Å². The van der Waals surface area contributed by atoms with Gasteiger partial charge >= 0.3 is 168 Å². The van der Waals surface area contributed by atoms with Crippen molar-refractivity contribution < 1.29 is 9.66 Å². The summed E-state index contributed by atoms with van der Waals surface area (Å²) in [5.74, 6) is 0.244. The molecule has 3 aromatic rings. The number of nitro groups is 1. The Labute approximate surface area is 168 Å². The van der Waals surface area contributed by atoms with Gasteiger partial charge in [0.05, 0.1) is 0 Å². The first-order valence-electron chi connectivity index (χ1n) is 8.21. The summed E-state index contributed by atoms with van der Waals surface area (Å²) in [6, 6.07) is 14.7. The zero-order valence-electron chi connectivity index (χ0n) is 15.0. The number of halogens is 1. The molecule has 140 valence electrons. The van der Waals surface area contributed by atoms with E-state index < -0.39 is 11.5 Å². The molecule has 0 radical (unpaired) electrons. The van der Waals surface area contributed by atoms with E-state index >= 15 is 0 Å². The molecule has 1 heterocycles. The second-order valence-corrected chi connectivity index (χ2v) is 8.69. The third-order valence-corrected chi connectivity index (χ3v) is 6.43. The van der Waals surface area contributed by atoms with Gasteiger partial charge < -0.3 is 0 Å². The van der Waals surface area contributed by atoms with Crippen molar-refractivity contribution >= 4 is 26.3 Å². The quantitative estimate of drug-likeness (QED) is 0.321. The fourth-order valence-electron chi connectivity index (χ4n) is 2.98. The van der Waals surface area contributed by atoms with Crippen molar-refractivity contribution in [3.8, 4) is 17.0 Å². The Morgan fingerprint density at radius 2 is 1.78 bits per heavy atom. The summed E-state index contributed by atoms with van der Waals surface area (Å²) in [7, 11) is 1.59. The SMILES string of the molecule is COc1ccc(C(c2[se]nnc2-c2ccc(Cl)cc2)C(C)(C)[N+](=O)[O-])cc1. The summed E-state index contributed by atoms with van der Waals surface area (Å²) in [4.78, 5) is 11.7. The number of nitrogens with zero attached hydrogens (tertiary/aromatic N) is 3. The Balaban J connectivity index is 2.16. The van der Waals surface area contributed by atoms with Crippen LogP contribution in [-0.4, -0.2) is 41.5 Å². The van der Waals surface area contributed by atoms with Gasteiger partial charge in [-0.2, -0.15) is 0 Å². The Kier molecular flexibility index (Phi) is 5.65. The molecule has 2 aromatic carbocycles. The van der Waals surface area contributed by atoms with Crippen LogP contribution in [0.15, 0.2) is 48.5 Å². The van der Waals surface area contributed by atoms with Crippen molar-refractivity contribution in [3.05, 3.63) is 73.7 Å². The minimum absolute atomic E-state index is 0.233. The summed E-state index contributed by atoms with van der Waals surface area (Å²) in [6.45, 7) is 3.28. The van der Waals surface area contributed by atoms with Gasteiger partial charge in [0.1, 0.15) is 0 Å². The normalized spacial score (nSPS) is 12.6. The number of ether oxygens (including phenoxy) is 1. The monoisotopic (exact) mass is 451 g/mol. The zero-order valence-corrected chi connectivity index (χ0v) is 17.5. The number of rotatable bonds is 6. The standard InChI is InChI=1S/C19H18ClN3O3Se/c1-19(2,23(24)25)16(12-6-10-15(26-3)11-7-12)18-17(21-22-27-18)13-4-8-14(20)9-5-13/h4-11,16H,1-3H3. The summed E-state index contributed by atoms with van der Waals surface area (Å²) < 4.78 is 10.3. The van der Waals surface area contributed by atoms with Crippen LogP contribution in [0, 0.1) is 10.1 Å². The van der Waals surface area contributed by atoms with Crippen molar-refractivity contribution in [1.29, 1.82) is 0 Å². The van der Waals surface area contributed by atoms with Gasteiger partial charge in [-0.3, -0.25) is 0 Å². The van der Waals surface area contributed by atoms with Crippen molar-refractivity contribution in [2.24, 2.45) is 0 Å². The first kappa shape index (κ1) is 19.5. The van der Waals surface area contributed by atoms with Crippen molar-refractivity contribution in [2.45, 2.75) is 25.3 Å². The van der Waals surface area contributed by atoms with Gasteiger partial charge in [-0.25, -0.2) is 0 Å². The number of hydrogen-bond donors (Lipinski definition) is 0. The van der Waals surface area contributed by atoms with E-state index in [9.17, 15) is 10.1 Å². The number of aromatic nitrogens is 2.